The molecule has 0 amide bonds. The lowest BCUT2D eigenvalue weighted by Crippen LogP contribution is -2.26. The molecule has 2 aromatic carbocycles. The lowest BCUT2D eigenvalue weighted by molar-refractivity contribution is 0.0694. The molecule has 142 valence electrons. The molecule has 0 aliphatic carbocycles. The van der Waals surface area contributed by atoms with E-state index < -0.39 is 32.9 Å². The first-order valence-electron chi connectivity index (χ1n) is 7.72. The van der Waals surface area contributed by atoms with Crippen LogP contribution >= 0.6 is 21.6 Å². The van der Waals surface area contributed by atoms with Crippen molar-refractivity contribution in [3.05, 3.63) is 53.6 Å². The van der Waals surface area contributed by atoms with E-state index in [2.05, 4.69) is 0 Å². The second-order valence-corrected chi connectivity index (χ2v) is 10.9. The smallest absolute Gasteiger partial charge is 0.335 e. The Hall–Kier alpha value is -1.75. The fourth-order valence-electron chi connectivity index (χ4n) is 2.97. The van der Waals surface area contributed by atoms with E-state index in [0.717, 1.165) is 3.71 Å². The van der Waals surface area contributed by atoms with Gasteiger partial charge in [-0.1, -0.05) is 54.5 Å². The molecule has 0 atom stereocenters. The van der Waals surface area contributed by atoms with Gasteiger partial charge in [0.2, 0.25) is 0 Å². The average Bonchev–Trinajstić information content (AvgIpc) is 2.69. The van der Waals surface area contributed by atoms with Crippen LogP contribution in [0, 0.1) is 0 Å². The fourth-order valence-corrected chi connectivity index (χ4v) is 7.66. The van der Waals surface area contributed by atoms with Crippen LogP contribution in [0.5, 0.6) is 0 Å². The van der Waals surface area contributed by atoms with Crippen LogP contribution in [-0.2, 0) is 5.41 Å². The van der Waals surface area contributed by atoms with Gasteiger partial charge in [0.25, 0.3) is 0 Å². The first-order valence-corrected chi connectivity index (χ1v) is 10.7. The number of benzene rings is 2. The zero-order valence-electron chi connectivity index (χ0n) is 14.4. The highest BCUT2D eigenvalue weighted by Crippen LogP contribution is 2.77. The molecule has 5 N–H and O–H groups in total. The number of carboxylic acids is 1. The second-order valence-electron chi connectivity index (χ2n) is 7.03. The quantitative estimate of drug-likeness (QED) is 0.467. The van der Waals surface area contributed by atoms with E-state index in [9.17, 15) is 28.1 Å². The van der Waals surface area contributed by atoms with Crippen molar-refractivity contribution in [2.75, 3.05) is 3.71 Å². The maximum atomic E-state index is 11.5. The SMILES string of the molecule is CC(C)(C)c1cc(N2S(O)(O)c3ccccc3S2(O)O)ccc1C(=O)O. The molecule has 1 aliphatic rings. The second kappa shape index (κ2) is 5.88. The Bertz CT molecular complexity index is 856. The first kappa shape index (κ1) is 19.0. The van der Waals surface area contributed by atoms with Crippen LogP contribution < -0.4 is 3.71 Å². The molecule has 0 unspecified atom stereocenters. The van der Waals surface area contributed by atoms with Crippen molar-refractivity contribution in [2.24, 2.45) is 0 Å². The molecule has 0 aromatic heterocycles. The molecule has 3 rings (SSSR count). The predicted octanol–water partition coefficient (Wildman–Crippen LogP) is 5.25. The fraction of sp³-hybridized carbons (Fsp3) is 0.235. The molecule has 0 saturated heterocycles. The molecular weight excluding hydrogens is 378 g/mol. The van der Waals surface area contributed by atoms with Gasteiger partial charge < -0.3 is 5.11 Å². The molecule has 1 heterocycles. The molecule has 7 nitrogen and oxygen atoms in total. The van der Waals surface area contributed by atoms with E-state index in [1.54, 1.807) is 12.1 Å². The zero-order chi connectivity index (χ0) is 19.5. The van der Waals surface area contributed by atoms with E-state index in [1.807, 2.05) is 20.8 Å². The normalized spacial score (nSPS) is 20.3. The Morgan fingerprint density at radius 2 is 1.42 bits per heavy atom. The number of anilines is 1. The summed E-state index contributed by atoms with van der Waals surface area (Å²) < 4.78 is 43.7. The van der Waals surface area contributed by atoms with Crippen LogP contribution in [0.2, 0.25) is 0 Å². The van der Waals surface area contributed by atoms with Gasteiger partial charge in [0, 0.05) is 0 Å². The standard InChI is InChI=1S/C17H21NO6S2/c1-17(2,3)13-10-11(8-9-12(13)16(19)20)18-25(21,22)14-6-4-5-7-15(14)26(18,23)24/h4-10,21-24H,1-3H3,(H,19,20). The molecule has 0 saturated carbocycles. The highest BCUT2D eigenvalue weighted by atomic mass is 32.4. The zero-order valence-corrected chi connectivity index (χ0v) is 16.1. The molecule has 0 spiro atoms. The third-order valence-electron chi connectivity index (χ3n) is 4.15. The largest absolute Gasteiger partial charge is 0.478 e. The monoisotopic (exact) mass is 399 g/mol. The molecule has 0 fully saturated rings. The molecule has 0 radical (unpaired) electrons. The Labute approximate surface area is 154 Å². The highest BCUT2D eigenvalue weighted by molar-refractivity contribution is 8.44. The molecule has 1 aliphatic heterocycles. The van der Waals surface area contributed by atoms with Crippen molar-refractivity contribution in [3.8, 4) is 0 Å². The number of fused-ring (bicyclic) bond motifs is 1. The summed E-state index contributed by atoms with van der Waals surface area (Å²) in [4.78, 5) is 11.6. The average molecular weight is 399 g/mol. The minimum Gasteiger partial charge on any atom is -0.478 e. The van der Waals surface area contributed by atoms with E-state index >= 15 is 0 Å². The lowest BCUT2D eigenvalue weighted by atomic mass is 9.83. The summed E-state index contributed by atoms with van der Waals surface area (Å²) in [6.07, 6.45) is 0. The Morgan fingerprint density at radius 3 is 1.85 bits per heavy atom. The number of hydrogen-bond acceptors (Lipinski definition) is 6. The predicted molar refractivity (Wildman–Crippen MR) is 103 cm³/mol. The number of hydrogen-bond donors (Lipinski definition) is 5. The minimum atomic E-state index is -3.68. The van der Waals surface area contributed by atoms with Crippen LogP contribution in [-0.4, -0.2) is 29.3 Å². The van der Waals surface area contributed by atoms with Crippen LogP contribution in [0.4, 0.5) is 5.69 Å². The van der Waals surface area contributed by atoms with Gasteiger partial charge in [-0.25, -0.2) is 4.79 Å². The Morgan fingerprint density at radius 1 is 0.923 bits per heavy atom. The van der Waals surface area contributed by atoms with Gasteiger partial charge in [-0.2, -0.15) is 3.71 Å². The van der Waals surface area contributed by atoms with Crippen molar-refractivity contribution >= 4 is 33.2 Å². The summed E-state index contributed by atoms with van der Waals surface area (Å²) in [6.45, 7) is 5.48. The third-order valence-corrected chi connectivity index (χ3v) is 8.77. The maximum Gasteiger partial charge on any atom is 0.335 e. The van der Waals surface area contributed by atoms with Crippen LogP contribution in [0.15, 0.2) is 52.3 Å². The van der Waals surface area contributed by atoms with Crippen molar-refractivity contribution in [1.29, 1.82) is 0 Å². The van der Waals surface area contributed by atoms with Crippen molar-refractivity contribution in [1.82, 2.24) is 0 Å². The van der Waals surface area contributed by atoms with Crippen molar-refractivity contribution in [2.45, 2.75) is 36.0 Å². The lowest BCUT2D eigenvalue weighted by Gasteiger charge is -2.45. The Balaban J connectivity index is 2.23. The van der Waals surface area contributed by atoms with Crippen LogP contribution in [0.3, 0.4) is 0 Å². The third kappa shape index (κ3) is 2.77. The maximum absolute atomic E-state index is 11.5. The van der Waals surface area contributed by atoms with Gasteiger partial charge in [0.1, 0.15) is 9.79 Å². The van der Waals surface area contributed by atoms with Crippen molar-refractivity contribution in [3.63, 3.8) is 0 Å². The number of rotatable bonds is 2. The summed E-state index contributed by atoms with van der Waals surface area (Å²) >= 11 is 0. The number of carbonyl (C=O) groups is 1. The van der Waals surface area contributed by atoms with Gasteiger partial charge in [0.05, 0.1) is 11.3 Å². The molecule has 9 heteroatoms. The highest BCUT2D eigenvalue weighted by Gasteiger charge is 2.47. The van der Waals surface area contributed by atoms with Gasteiger partial charge in [-0.05, 0) is 41.3 Å². The molecule has 0 bridgehead atoms. The van der Waals surface area contributed by atoms with Gasteiger partial charge in [-0.3, -0.25) is 18.2 Å². The topological polar surface area (TPSA) is 121 Å². The van der Waals surface area contributed by atoms with E-state index in [4.69, 9.17) is 0 Å². The Kier molecular flexibility index (Phi) is 4.30. The number of aromatic carboxylic acids is 1. The van der Waals surface area contributed by atoms with Crippen molar-refractivity contribution < 1.29 is 28.1 Å². The molecule has 26 heavy (non-hydrogen) atoms. The molecular formula is C17H21NO6S2. The summed E-state index contributed by atoms with van der Waals surface area (Å²) in [6, 6.07) is 10.2. The van der Waals surface area contributed by atoms with Gasteiger partial charge in [-0.15, -0.1) is 0 Å². The first-order chi connectivity index (χ1) is 11.9. The molecule has 2 aromatic rings. The van der Waals surface area contributed by atoms with E-state index in [1.165, 1.54) is 30.3 Å². The summed E-state index contributed by atoms with van der Waals surface area (Å²) in [5.74, 6) is -1.11. The van der Waals surface area contributed by atoms with Gasteiger partial charge >= 0.3 is 5.97 Å². The van der Waals surface area contributed by atoms with E-state index in [-0.39, 0.29) is 21.0 Å². The van der Waals surface area contributed by atoms with Gasteiger partial charge in [0.15, 0.2) is 0 Å². The van der Waals surface area contributed by atoms with Crippen LogP contribution in [0.25, 0.3) is 0 Å². The summed E-state index contributed by atoms with van der Waals surface area (Å²) in [7, 11) is -7.36. The van der Waals surface area contributed by atoms with E-state index in [0.29, 0.717) is 5.56 Å². The summed E-state index contributed by atoms with van der Waals surface area (Å²) in [5.41, 5.74) is 0.105. The number of carboxylic acid groups (broad SMARTS) is 1. The minimum absolute atomic E-state index is 0.0552. The number of nitrogens with zero attached hydrogens (tertiary/aromatic N) is 1. The summed E-state index contributed by atoms with van der Waals surface area (Å²) in [5, 5.41) is 9.43. The van der Waals surface area contributed by atoms with Crippen LogP contribution in [0.1, 0.15) is 36.7 Å².